The van der Waals surface area contributed by atoms with Crippen molar-refractivity contribution in [1.29, 1.82) is 0 Å². The Hall–Kier alpha value is -1.89. The lowest BCUT2D eigenvalue weighted by Gasteiger charge is -2.27. The van der Waals surface area contributed by atoms with Crippen LogP contribution in [0.15, 0.2) is 36.5 Å². The van der Waals surface area contributed by atoms with Gasteiger partial charge in [0.25, 0.3) is 0 Å². The lowest BCUT2D eigenvalue weighted by Crippen LogP contribution is -2.36. The molecule has 0 bridgehead atoms. The van der Waals surface area contributed by atoms with Crippen molar-refractivity contribution in [3.63, 3.8) is 0 Å². The zero-order valence-corrected chi connectivity index (χ0v) is 17.6. The summed E-state index contributed by atoms with van der Waals surface area (Å²) in [7, 11) is 0. The molecule has 1 saturated heterocycles. The summed E-state index contributed by atoms with van der Waals surface area (Å²) in [5.41, 5.74) is 1.40. The minimum Gasteiger partial charge on any atom is -0.347 e. The molecule has 0 saturated carbocycles. The molecule has 1 fully saturated rings. The average Bonchev–Trinajstić information content (AvgIpc) is 2.67. The van der Waals surface area contributed by atoms with Gasteiger partial charge in [0.1, 0.15) is 0 Å². The number of nitrogens with one attached hydrogen (secondary N) is 3. The second-order valence-corrected chi connectivity index (χ2v) is 6.97. The summed E-state index contributed by atoms with van der Waals surface area (Å²) in [6.07, 6.45) is 4.39. The maximum Gasteiger partial charge on any atom is 0.243 e. The molecule has 1 aliphatic heterocycles. The average molecular weight is 427 g/mol. The molecule has 28 heavy (non-hydrogen) atoms. The second-order valence-electron chi connectivity index (χ2n) is 6.97. The Kier molecular flexibility index (Phi) is 10.2. The number of carbonyl (C=O) groups excluding carboxylic acids is 2. The first-order valence-electron chi connectivity index (χ1n) is 9.24. The van der Waals surface area contributed by atoms with Gasteiger partial charge in [-0.15, -0.1) is 24.8 Å². The van der Waals surface area contributed by atoms with Gasteiger partial charge in [-0.2, -0.15) is 0 Å². The van der Waals surface area contributed by atoms with Crippen molar-refractivity contribution in [3.05, 3.63) is 36.5 Å². The van der Waals surface area contributed by atoms with Crippen LogP contribution in [0.4, 0.5) is 5.69 Å². The smallest absolute Gasteiger partial charge is 0.243 e. The summed E-state index contributed by atoms with van der Waals surface area (Å²) in [6.45, 7) is 4.15. The Labute approximate surface area is 178 Å². The van der Waals surface area contributed by atoms with Crippen molar-refractivity contribution in [2.24, 2.45) is 11.8 Å². The van der Waals surface area contributed by atoms with Crippen molar-refractivity contribution >= 4 is 53.2 Å². The molecule has 1 aromatic carbocycles. The second kappa shape index (κ2) is 11.8. The van der Waals surface area contributed by atoms with Gasteiger partial charge in [0.05, 0.1) is 17.7 Å². The van der Waals surface area contributed by atoms with Crippen LogP contribution in [0.1, 0.15) is 26.2 Å². The maximum atomic E-state index is 12.2. The third-order valence-corrected chi connectivity index (χ3v) is 5.05. The standard InChI is InChI=1S/C20H26N4O2.2ClH/c1-14(15-7-10-21-11-8-15)12-18(25)23-13-19(26)24-17-6-2-4-16-5-3-9-22-20(16)17;;/h2-6,9,14-15,21H,7-8,10-13H2,1H3,(H,23,25)(H,24,26);2*1H. The molecule has 1 aromatic heterocycles. The summed E-state index contributed by atoms with van der Waals surface area (Å²) >= 11 is 0. The van der Waals surface area contributed by atoms with E-state index >= 15 is 0 Å². The summed E-state index contributed by atoms with van der Waals surface area (Å²) in [4.78, 5) is 28.6. The largest absolute Gasteiger partial charge is 0.347 e. The third kappa shape index (κ3) is 6.62. The number of rotatable bonds is 6. The number of amides is 2. The van der Waals surface area contributed by atoms with Crippen molar-refractivity contribution in [2.45, 2.75) is 26.2 Å². The van der Waals surface area contributed by atoms with Crippen LogP contribution in [-0.4, -0.2) is 36.4 Å². The van der Waals surface area contributed by atoms with E-state index in [1.807, 2.05) is 30.3 Å². The summed E-state index contributed by atoms with van der Waals surface area (Å²) in [5, 5.41) is 9.87. The Morgan fingerprint density at radius 3 is 2.61 bits per heavy atom. The molecule has 1 unspecified atom stereocenters. The molecule has 2 aromatic rings. The van der Waals surface area contributed by atoms with Crippen molar-refractivity contribution in [1.82, 2.24) is 15.6 Å². The van der Waals surface area contributed by atoms with Crippen LogP contribution in [0, 0.1) is 11.8 Å². The van der Waals surface area contributed by atoms with E-state index in [4.69, 9.17) is 0 Å². The van der Waals surface area contributed by atoms with Crippen LogP contribution in [0.3, 0.4) is 0 Å². The number of carbonyl (C=O) groups is 2. The third-order valence-electron chi connectivity index (χ3n) is 5.05. The van der Waals surface area contributed by atoms with E-state index in [9.17, 15) is 9.59 Å². The van der Waals surface area contributed by atoms with Crippen molar-refractivity contribution in [3.8, 4) is 0 Å². The van der Waals surface area contributed by atoms with Crippen molar-refractivity contribution in [2.75, 3.05) is 25.0 Å². The molecule has 1 aliphatic rings. The van der Waals surface area contributed by atoms with E-state index in [1.165, 1.54) is 0 Å². The molecule has 8 heteroatoms. The zero-order chi connectivity index (χ0) is 18.4. The fourth-order valence-electron chi connectivity index (χ4n) is 3.52. The number of benzene rings is 1. The number of nitrogens with zero attached hydrogens (tertiary/aromatic N) is 1. The fourth-order valence-corrected chi connectivity index (χ4v) is 3.52. The van der Waals surface area contributed by atoms with Crippen LogP contribution in [0.5, 0.6) is 0 Å². The van der Waals surface area contributed by atoms with Crippen LogP contribution >= 0.6 is 24.8 Å². The quantitative estimate of drug-likeness (QED) is 0.662. The van der Waals surface area contributed by atoms with Crippen LogP contribution < -0.4 is 16.0 Å². The highest BCUT2D eigenvalue weighted by Crippen LogP contribution is 2.24. The van der Waals surface area contributed by atoms with Gasteiger partial charge in [-0.25, -0.2) is 0 Å². The van der Waals surface area contributed by atoms with Gasteiger partial charge in [-0.3, -0.25) is 14.6 Å². The minimum absolute atomic E-state index is 0. The highest BCUT2D eigenvalue weighted by atomic mass is 35.5. The van der Waals surface area contributed by atoms with Crippen LogP contribution in [0.2, 0.25) is 0 Å². The molecule has 0 spiro atoms. The van der Waals surface area contributed by atoms with Gasteiger partial charge in [0.2, 0.25) is 11.8 Å². The Balaban J connectivity index is 0.00000196. The summed E-state index contributed by atoms with van der Waals surface area (Å²) in [6, 6.07) is 9.44. The lowest BCUT2D eigenvalue weighted by atomic mass is 9.84. The normalized spacial score (nSPS) is 15.0. The van der Waals surface area contributed by atoms with E-state index < -0.39 is 0 Å². The molecular weight excluding hydrogens is 399 g/mol. The van der Waals surface area contributed by atoms with E-state index in [1.54, 1.807) is 6.20 Å². The van der Waals surface area contributed by atoms with Crippen molar-refractivity contribution < 1.29 is 9.59 Å². The van der Waals surface area contributed by atoms with Gasteiger partial charge in [-0.05, 0) is 49.9 Å². The zero-order valence-electron chi connectivity index (χ0n) is 15.9. The number of para-hydroxylation sites is 1. The number of halogens is 2. The highest BCUT2D eigenvalue weighted by Gasteiger charge is 2.22. The number of anilines is 1. The van der Waals surface area contributed by atoms with E-state index in [2.05, 4.69) is 27.9 Å². The van der Waals surface area contributed by atoms with Gasteiger partial charge in [0.15, 0.2) is 0 Å². The lowest BCUT2D eigenvalue weighted by molar-refractivity contribution is -0.125. The predicted octanol–water partition coefficient (Wildman–Crippen LogP) is 3.16. The number of pyridine rings is 1. The predicted molar refractivity (Wildman–Crippen MR) is 117 cm³/mol. The molecule has 2 heterocycles. The first-order chi connectivity index (χ1) is 12.6. The molecule has 154 valence electrons. The maximum absolute atomic E-state index is 12.2. The minimum atomic E-state index is -0.244. The highest BCUT2D eigenvalue weighted by molar-refractivity contribution is 6.01. The van der Waals surface area contributed by atoms with E-state index in [0.29, 0.717) is 23.9 Å². The number of hydrogen-bond acceptors (Lipinski definition) is 4. The Morgan fingerprint density at radius 1 is 1.14 bits per heavy atom. The molecule has 6 nitrogen and oxygen atoms in total. The number of fused-ring (bicyclic) bond motifs is 1. The molecule has 3 N–H and O–H groups in total. The molecular formula is C20H28Cl2N4O2. The summed E-state index contributed by atoms with van der Waals surface area (Å²) in [5.74, 6) is 0.605. The Morgan fingerprint density at radius 2 is 1.86 bits per heavy atom. The fraction of sp³-hybridized carbons (Fsp3) is 0.450. The van der Waals surface area contributed by atoms with Crippen LogP contribution in [-0.2, 0) is 9.59 Å². The van der Waals surface area contributed by atoms with Gasteiger partial charge in [-0.1, -0.05) is 25.1 Å². The number of hydrogen-bond donors (Lipinski definition) is 3. The van der Waals surface area contributed by atoms with E-state index in [-0.39, 0.29) is 43.2 Å². The SMILES string of the molecule is CC(CC(=O)NCC(=O)Nc1cccc2cccnc12)C1CCNCC1.Cl.Cl. The number of piperidine rings is 1. The first kappa shape index (κ1) is 24.1. The number of aromatic nitrogens is 1. The Bertz CT molecular complexity index is 776. The van der Waals surface area contributed by atoms with Gasteiger partial charge >= 0.3 is 0 Å². The topological polar surface area (TPSA) is 83.1 Å². The van der Waals surface area contributed by atoms with Gasteiger partial charge < -0.3 is 16.0 Å². The first-order valence-corrected chi connectivity index (χ1v) is 9.24. The molecule has 0 radical (unpaired) electrons. The molecule has 2 amide bonds. The summed E-state index contributed by atoms with van der Waals surface area (Å²) < 4.78 is 0. The van der Waals surface area contributed by atoms with E-state index in [0.717, 1.165) is 36.8 Å². The monoisotopic (exact) mass is 426 g/mol. The van der Waals surface area contributed by atoms with Crippen LogP contribution in [0.25, 0.3) is 10.9 Å². The molecule has 0 aliphatic carbocycles. The molecule has 3 rings (SSSR count). The molecule has 1 atom stereocenters. The van der Waals surface area contributed by atoms with Gasteiger partial charge in [0, 0.05) is 18.0 Å².